The van der Waals surface area contributed by atoms with E-state index in [2.05, 4.69) is 27.0 Å². The normalized spacial score (nSPS) is 17.8. The van der Waals surface area contributed by atoms with E-state index in [1.165, 1.54) is 16.8 Å². The minimum absolute atomic E-state index is 0.0348. The third kappa shape index (κ3) is 11.0. The molecule has 5 aromatic rings. The first-order valence-electron chi connectivity index (χ1n) is 20.9. The van der Waals surface area contributed by atoms with E-state index in [0.29, 0.717) is 17.1 Å². The van der Waals surface area contributed by atoms with Crippen LogP contribution in [0.3, 0.4) is 0 Å². The smallest absolute Gasteiger partial charge is 0.351 e. The van der Waals surface area contributed by atoms with Crippen molar-refractivity contribution >= 4 is 20.3 Å². The molecule has 1 amide bonds. The number of aromatic nitrogens is 2. The maximum absolute atomic E-state index is 14.0. The average molecular weight is 888 g/mol. The Morgan fingerprint density at radius 2 is 1.45 bits per heavy atom. The van der Waals surface area contributed by atoms with E-state index in [1.807, 2.05) is 107 Å². The highest BCUT2D eigenvalue weighted by Gasteiger charge is 2.51. The van der Waals surface area contributed by atoms with Crippen molar-refractivity contribution in [3.05, 3.63) is 154 Å². The summed E-state index contributed by atoms with van der Waals surface area (Å²) in [4.78, 5) is 31.2. The van der Waals surface area contributed by atoms with Gasteiger partial charge in [-0.15, -0.1) is 6.42 Å². The number of nitrogens with one attached hydrogen (secondary N) is 1. The van der Waals surface area contributed by atoms with Crippen molar-refractivity contribution in [3.63, 3.8) is 0 Å². The van der Waals surface area contributed by atoms with Crippen molar-refractivity contribution in [2.75, 3.05) is 39.4 Å². The van der Waals surface area contributed by atoms with Crippen LogP contribution in [0.2, 0.25) is 0 Å². The van der Waals surface area contributed by atoms with Gasteiger partial charge in [-0.2, -0.15) is 10.2 Å². The van der Waals surface area contributed by atoms with Crippen LogP contribution in [0.25, 0.3) is 0 Å². The van der Waals surface area contributed by atoms with Crippen molar-refractivity contribution in [1.29, 1.82) is 5.26 Å². The molecule has 1 aromatic heterocycles. The molecule has 14 nitrogen and oxygen atoms in total. The molecule has 1 saturated heterocycles. The van der Waals surface area contributed by atoms with E-state index < -0.39 is 50.3 Å². The molecule has 1 aliphatic rings. The molecule has 2 heterocycles. The van der Waals surface area contributed by atoms with Gasteiger partial charge < -0.3 is 38.0 Å². The van der Waals surface area contributed by atoms with Crippen LogP contribution in [0, 0.1) is 23.7 Å². The number of methoxy groups -OCH3 is 2. The molecule has 334 valence electrons. The molecule has 1 fully saturated rings. The third-order valence-electron chi connectivity index (χ3n) is 10.5. The summed E-state index contributed by atoms with van der Waals surface area (Å²) >= 11 is 0. The van der Waals surface area contributed by atoms with Gasteiger partial charge in [-0.25, -0.2) is 9.46 Å². The van der Waals surface area contributed by atoms with Gasteiger partial charge in [-0.05, 0) is 86.8 Å². The highest BCUT2D eigenvalue weighted by molar-refractivity contribution is 7.44. The predicted octanol–water partition coefficient (Wildman–Crippen LogP) is 8.10. The first kappa shape index (κ1) is 47.5. The fourth-order valence-electron chi connectivity index (χ4n) is 7.65. The van der Waals surface area contributed by atoms with Crippen molar-refractivity contribution in [2.45, 2.75) is 76.3 Å². The largest absolute Gasteiger partial charge is 0.497 e. The quantitative estimate of drug-likeness (QED) is 0.0328. The first-order valence-corrected chi connectivity index (χ1v) is 22.1. The minimum Gasteiger partial charge on any atom is -0.497 e. The summed E-state index contributed by atoms with van der Waals surface area (Å²) in [6.07, 6.45) is 3.38. The molecule has 2 unspecified atom stereocenters. The molecular weight excluding hydrogens is 834 g/mol. The zero-order valence-electron chi connectivity index (χ0n) is 36.8. The Kier molecular flexibility index (Phi) is 16.8. The van der Waals surface area contributed by atoms with E-state index in [0.717, 1.165) is 16.7 Å². The van der Waals surface area contributed by atoms with E-state index in [9.17, 15) is 14.9 Å². The minimum atomic E-state index is -1.87. The molecule has 0 saturated carbocycles. The Morgan fingerprint density at radius 3 is 1.98 bits per heavy atom. The van der Waals surface area contributed by atoms with Gasteiger partial charge in [0.2, 0.25) is 0 Å². The molecule has 15 heteroatoms. The lowest BCUT2D eigenvalue weighted by Crippen LogP contribution is -2.43. The van der Waals surface area contributed by atoms with Crippen LogP contribution >= 0.6 is 8.53 Å². The maximum Gasteiger partial charge on any atom is 0.351 e. The van der Waals surface area contributed by atoms with Crippen LogP contribution in [0.5, 0.6) is 11.5 Å². The topological polar surface area (TPSA) is 156 Å². The maximum atomic E-state index is 14.0. The number of benzene rings is 4. The number of carbonyl (C=O) groups is 1. The molecular formula is C49H54N5O9P. The SMILES string of the molecule is C#CCOC1[C@@H](OP(OCCC#N)N(C(C)C)C(C)C)[C@@H](COC(c2ccccc2)(c2ccc(OC)cc2)c2ccc(OC)cc2)O[C@H]1n1ccc(NC(=O)c2ccccc2)nc1=O. The Labute approximate surface area is 376 Å². The highest BCUT2D eigenvalue weighted by atomic mass is 31.2. The number of hydrogen-bond acceptors (Lipinski definition) is 12. The Morgan fingerprint density at radius 1 is 0.875 bits per heavy atom. The molecule has 64 heavy (non-hydrogen) atoms. The molecule has 6 rings (SSSR count). The van der Waals surface area contributed by atoms with Gasteiger partial charge in [0.15, 0.2) is 6.23 Å². The Hall–Kier alpha value is -5.93. The van der Waals surface area contributed by atoms with Crippen LogP contribution in [0.15, 0.2) is 126 Å². The fraction of sp³-hybridized carbons (Fsp3) is 0.347. The number of rotatable bonds is 21. The lowest BCUT2D eigenvalue weighted by Gasteiger charge is -2.39. The fourth-order valence-corrected chi connectivity index (χ4v) is 9.42. The lowest BCUT2D eigenvalue weighted by atomic mass is 9.80. The van der Waals surface area contributed by atoms with E-state index >= 15 is 0 Å². The molecule has 1 N–H and O–H groups in total. The lowest BCUT2D eigenvalue weighted by molar-refractivity contribution is -0.0965. The van der Waals surface area contributed by atoms with Gasteiger partial charge in [0.25, 0.3) is 14.4 Å². The monoisotopic (exact) mass is 887 g/mol. The number of carbonyl (C=O) groups excluding carboxylic acids is 1. The second-order valence-corrected chi connectivity index (χ2v) is 16.7. The van der Waals surface area contributed by atoms with Gasteiger partial charge in [0, 0.05) is 23.8 Å². The van der Waals surface area contributed by atoms with Gasteiger partial charge in [0.1, 0.15) is 47.8 Å². The summed E-state index contributed by atoms with van der Waals surface area (Å²) in [5, 5.41) is 12.2. The number of amides is 1. The third-order valence-corrected chi connectivity index (χ3v) is 12.7. The molecule has 4 aromatic carbocycles. The molecule has 0 spiro atoms. The summed E-state index contributed by atoms with van der Waals surface area (Å²) < 4.78 is 48.5. The number of anilines is 1. The summed E-state index contributed by atoms with van der Waals surface area (Å²) in [7, 11) is 1.35. The highest BCUT2D eigenvalue weighted by Crippen LogP contribution is 2.51. The average Bonchev–Trinajstić information content (AvgIpc) is 3.64. The molecule has 0 aliphatic carbocycles. The van der Waals surface area contributed by atoms with Crippen molar-refractivity contribution in [1.82, 2.24) is 14.2 Å². The molecule has 0 bridgehead atoms. The van der Waals surface area contributed by atoms with E-state index in [-0.39, 0.29) is 44.1 Å². The Balaban J connectivity index is 1.47. The standard InChI is InChI=1S/C49H54N5O9P/c1-8-31-59-45-44(63-64(61-32-15-29-50)54(34(2)3)35(4)5)42(62-47(45)53-30-28-43(52-48(53)56)51-46(55)36-16-11-9-12-17-36)33-60-49(37-18-13-10-14-19-37,38-20-24-40(57-6)25-21-38)39-22-26-41(58-7)27-23-39/h1,9-14,16-28,30,34-35,42,44-45,47H,15,31-33H2,2-7H3,(H,51,52,55,56)/t42-,44+,45?,47-,64?/m1/s1. The zero-order valence-corrected chi connectivity index (χ0v) is 37.7. The van der Waals surface area contributed by atoms with Crippen molar-refractivity contribution in [2.24, 2.45) is 0 Å². The van der Waals surface area contributed by atoms with E-state index in [1.54, 1.807) is 44.6 Å². The van der Waals surface area contributed by atoms with Crippen LogP contribution in [0.1, 0.15) is 67.4 Å². The first-order chi connectivity index (χ1) is 31.0. The van der Waals surface area contributed by atoms with Gasteiger partial charge in [-0.1, -0.05) is 78.7 Å². The number of terminal acetylenes is 1. The predicted molar refractivity (Wildman–Crippen MR) is 244 cm³/mol. The second-order valence-electron chi connectivity index (χ2n) is 15.3. The van der Waals surface area contributed by atoms with Crippen LogP contribution in [0.4, 0.5) is 5.82 Å². The molecule has 5 atom stereocenters. The summed E-state index contributed by atoms with van der Waals surface area (Å²) in [6.45, 7) is 7.99. The second kappa shape index (κ2) is 22.6. The number of ether oxygens (including phenoxy) is 5. The van der Waals surface area contributed by atoms with Gasteiger partial charge in [0.05, 0.1) is 39.9 Å². The number of nitrogens with zero attached hydrogens (tertiary/aromatic N) is 4. The van der Waals surface area contributed by atoms with Crippen LogP contribution < -0.4 is 20.5 Å². The number of nitriles is 1. The Bertz CT molecular complexity index is 2350. The van der Waals surface area contributed by atoms with Crippen molar-refractivity contribution < 1.29 is 37.5 Å². The van der Waals surface area contributed by atoms with Crippen LogP contribution in [-0.2, 0) is 28.9 Å². The molecule has 1 aliphatic heterocycles. The van der Waals surface area contributed by atoms with Crippen molar-refractivity contribution in [3.8, 4) is 29.9 Å². The van der Waals surface area contributed by atoms with Gasteiger partial charge >= 0.3 is 5.69 Å². The van der Waals surface area contributed by atoms with Gasteiger partial charge in [-0.3, -0.25) is 9.36 Å². The number of hydrogen-bond donors (Lipinski definition) is 1. The van der Waals surface area contributed by atoms with Crippen LogP contribution in [-0.4, -0.2) is 84.6 Å². The summed E-state index contributed by atoms with van der Waals surface area (Å²) in [5.41, 5.74) is 0.836. The summed E-state index contributed by atoms with van der Waals surface area (Å²) in [6, 6.07) is 37.3. The van der Waals surface area contributed by atoms with E-state index in [4.69, 9.17) is 39.2 Å². The summed E-state index contributed by atoms with van der Waals surface area (Å²) in [5.74, 6) is 3.50. The molecule has 0 radical (unpaired) electrons. The zero-order chi connectivity index (χ0) is 45.6.